The molecule has 4 rings (SSSR count). The highest BCUT2D eigenvalue weighted by atomic mass is 79.9. The molecule has 0 bridgehead atoms. The lowest BCUT2D eigenvalue weighted by Crippen LogP contribution is -2.30. The average Bonchev–Trinajstić information content (AvgIpc) is 3.48. The molecule has 0 atom stereocenters. The average molecular weight is 689 g/mol. The molecule has 1 saturated heterocycles. The van der Waals surface area contributed by atoms with E-state index in [-0.39, 0.29) is 30.4 Å². The van der Waals surface area contributed by atoms with Crippen molar-refractivity contribution in [2.75, 3.05) is 14.2 Å². The fourth-order valence-electron chi connectivity index (χ4n) is 3.48. The maximum absolute atomic E-state index is 13.0. The Morgan fingerprint density at radius 3 is 2.53 bits per heavy atom. The van der Waals surface area contributed by atoms with E-state index >= 15 is 0 Å². The Morgan fingerprint density at radius 2 is 1.84 bits per heavy atom. The summed E-state index contributed by atoms with van der Waals surface area (Å²) in [5.74, 6) is -0.241. The van der Waals surface area contributed by atoms with Crippen LogP contribution in [-0.2, 0) is 22.7 Å². The number of rotatable bonds is 8. The number of ether oxygens (including phenoxy) is 3. The second kappa shape index (κ2) is 11.8. The van der Waals surface area contributed by atoms with E-state index in [0.717, 1.165) is 10.5 Å². The summed E-state index contributed by atoms with van der Waals surface area (Å²) >= 11 is 19.1. The van der Waals surface area contributed by atoms with Crippen molar-refractivity contribution >= 4 is 79.0 Å². The molecule has 1 aliphatic heterocycles. The number of amides is 3. The summed E-state index contributed by atoms with van der Waals surface area (Å²) in [6.07, 6.45) is 1.50. The van der Waals surface area contributed by atoms with Crippen molar-refractivity contribution in [3.63, 3.8) is 0 Å². The first kappa shape index (κ1) is 28.0. The van der Waals surface area contributed by atoms with Gasteiger partial charge in [-0.15, -0.1) is 0 Å². The Balaban J connectivity index is 1.55. The van der Waals surface area contributed by atoms with Crippen LogP contribution in [0.25, 0.3) is 6.08 Å². The van der Waals surface area contributed by atoms with Crippen LogP contribution >= 0.6 is 55.1 Å². The number of esters is 1. The van der Waals surface area contributed by atoms with Crippen LogP contribution in [-0.4, -0.2) is 37.0 Å². The number of benzene rings is 2. The summed E-state index contributed by atoms with van der Waals surface area (Å²) in [4.78, 5) is 38.1. The lowest BCUT2D eigenvalue weighted by atomic mass is 10.1. The Hall–Kier alpha value is -2.99. The first-order valence-electron chi connectivity index (χ1n) is 10.8. The highest BCUT2D eigenvalue weighted by molar-refractivity contribution is 9.13. The van der Waals surface area contributed by atoms with Crippen LogP contribution in [0, 0.1) is 0 Å². The smallest absolute Gasteiger partial charge is 0.373 e. The molecule has 0 aliphatic carbocycles. The third-order valence-electron chi connectivity index (χ3n) is 5.37. The van der Waals surface area contributed by atoms with E-state index < -0.39 is 17.9 Å². The number of methoxy groups -OCH3 is 2. The second-order valence-electron chi connectivity index (χ2n) is 7.80. The topological polar surface area (TPSA) is 107 Å². The third kappa shape index (κ3) is 5.85. The van der Waals surface area contributed by atoms with Gasteiger partial charge in [0.05, 0.1) is 35.3 Å². The number of imide groups is 1. The summed E-state index contributed by atoms with van der Waals surface area (Å²) < 4.78 is 22.6. The van der Waals surface area contributed by atoms with Gasteiger partial charge >= 0.3 is 12.0 Å². The molecule has 1 aromatic heterocycles. The van der Waals surface area contributed by atoms with Crippen LogP contribution in [0.1, 0.15) is 27.4 Å². The van der Waals surface area contributed by atoms with Gasteiger partial charge in [-0.05, 0) is 79.4 Å². The van der Waals surface area contributed by atoms with E-state index in [1.807, 2.05) is 0 Å². The summed E-state index contributed by atoms with van der Waals surface area (Å²) in [6.45, 7) is 0.0153. The van der Waals surface area contributed by atoms with Gasteiger partial charge in [0.25, 0.3) is 5.91 Å². The normalized spacial score (nSPS) is 14.2. The monoisotopic (exact) mass is 686 g/mol. The molecule has 1 aliphatic rings. The standard InChI is InChI=1S/C25H18Br2Cl2N2O7/c1-35-19-9-13(20(26)21(27)22(19)37-11-12-3-5-15(28)16(29)7-12)8-17-23(32)31(25(34)30-17)10-14-4-6-18(38-14)24(33)36-2/h3-9H,10-11H2,1-2H3,(H,30,34)/b17-8-. The molecule has 1 N–H and O–H groups in total. The summed E-state index contributed by atoms with van der Waals surface area (Å²) in [5, 5.41) is 3.41. The van der Waals surface area contributed by atoms with E-state index in [4.69, 9.17) is 37.1 Å². The maximum atomic E-state index is 13.0. The first-order chi connectivity index (χ1) is 18.1. The molecule has 9 nitrogen and oxygen atoms in total. The van der Waals surface area contributed by atoms with Crippen molar-refractivity contribution in [3.05, 3.63) is 83.7 Å². The molecule has 38 heavy (non-hydrogen) atoms. The lowest BCUT2D eigenvalue weighted by molar-refractivity contribution is -0.123. The minimum atomic E-state index is -0.664. The largest absolute Gasteiger partial charge is 0.493 e. The molecule has 0 saturated carbocycles. The number of urea groups is 1. The van der Waals surface area contributed by atoms with Crippen LogP contribution in [0.2, 0.25) is 10.0 Å². The van der Waals surface area contributed by atoms with Crippen molar-refractivity contribution in [1.82, 2.24) is 10.2 Å². The molecule has 2 aromatic carbocycles. The number of halogens is 4. The molecule has 3 aromatic rings. The van der Waals surface area contributed by atoms with E-state index in [1.165, 1.54) is 32.4 Å². The van der Waals surface area contributed by atoms with Crippen molar-refractivity contribution in [2.24, 2.45) is 0 Å². The van der Waals surface area contributed by atoms with E-state index in [0.29, 0.717) is 36.1 Å². The quantitative estimate of drug-likeness (QED) is 0.162. The van der Waals surface area contributed by atoms with Gasteiger partial charge in [-0.2, -0.15) is 0 Å². The number of carbonyl (C=O) groups is 3. The second-order valence-corrected chi connectivity index (χ2v) is 10.2. The van der Waals surface area contributed by atoms with Gasteiger partial charge < -0.3 is 23.9 Å². The van der Waals surface area contributed by atoms with Crippen molar-refractivity contribution in [3.8, 4) is 11.5 Å². The van der Waals surface area contributed by atoms with Crippen LogP contribution in [0.15, 0.2) is 55.5 Å². The molecule has 0 unspecified atom stereocenters. The fourth-order valence-corrected chi connectivity index (χ4v) is 4.75. The molecular weight excluding hydrogens is 671 g/mol. The molecule has 2 heterocycles. The molecule has 1 fully saturated rings. The predicted molar refractivity (Wildman–Crippen MR) is 146 cm³/mol. The van der Waals surface area contributed by atoms with E-state index in [1.54, 1.807) is 24.3 Å². The van der Waals surface area contributed by atoms with Gasteiger partial charge in [-0.25, -0.2) is 9.59 Å². The van der Waals surface area contributed by atoms with Gasteiger partial charge in [-0.3, -0.25) is 9.69 Å². The molecule has 0 radical (unpaired) electrons. The van der Waals surface area contributed by atoms with Crippen molar-refractivity contribution in [1.29, 1.82) is 0 Å². The SMILES string of the molecule is COC(=O)c1ccc(CN2C(=O)N/C(=C\c3cc(OC)c(OCc4ccc(Cl)c(Cl)c4)c(Br)c3Br)C2=O)o1. The van der Waals surface area contributed by atoms with Gasteiger partial charge in [0.15, 0.2) is 11.5 Å². The van der Waals surface area contributed by atoms with E-state index in [9.17, 15) is 14.4 Å². The zero-order valence-corrected chi connectivity index (χ0v) is 24.5. The summed E-state index contributed by atoms with van der Waals surface area (Å²) in [7, 11) is 2.70. The summed E-state index contributed by atoms with van der Waals surface area (Å²) in [5.41, 5.74) is 1.37. The predicted octanol–water partition coefficient (Wildman–Crippen LogP) is 6.58. The Kier molecular flexibility index (Phi) is 8.71. The number of hydrogen-bond donors (Lipinski definition) is 1. The third-order valence-corrected chi connectivity index (χ3v) is 8.25. The summed E-state index contributed by atoms with van der Waals surface area (Å²) in [6, 6.07) is 9.09. The number of nitrogens with one attached hydrogen (secondary N) is 1. The van der Waals surface area contributed by atoms with Crippen LogP contribution in [0.4, 0.5) is 4.79 Å². The van der Waals surface area contributed by atoms with Gasteiger partial charge in [-0.1, -0.05) is 29.3 Å². The van der Waals surface area contributed by atoms with Crippen LogP contribution in [0.3, 0.4) is 0 Å². The molecule has 0 spiro atoms. The number of hydrogen-bond acceptors (Lipinski definition) is 7. The zero-order chi connectivity index (χ0) is 27.6. The highest BCUT2D eigenvalue weighted by Gasteiger charge is 2.35. The first-order valence-corrected chi connectivity index (χ1v) is 13.1. The maximum Gasteiger partial charge on any atom is 0.373 e. The van der Waals surface area contributed by atoms with Gasteiger partial charge in [0.1, 0.15) is 18.1 Å². The molecule has 198 valence electrons. The van der Waals surface area contributed by atoms with E-state index in [2.05, 4.69) is 41.9 Å². The van der Waals surface area contributed by atoms with Gasteiger partial charge in [0, 0.05) is 4.47 Å². The molecule has 3 amide bonds. The Morgan fingerprint density at radius 1 is 1.08 bits per heavy atom. The minimum absolute atomic E-state index is 0.0346. The lowest BCUT2D eigenvalue weighted by Gasteiger charge is -2.16. The Labute approximate surface area is 243 Å². The molecule has 13 heteroatoms. The van der Waals surface area contributed by atoms with Gasteiger partial charge in [0.2, 0.25) is 5.76 Å². The van der Waals surface area contributed by atoms with Crippen LogP contribution < -0.4 is 14.8 Å². The number of nitrogens with zero attached hydrogens (tertiary/aromatic N) is 1. The number of furan rings is 1. The fraction of sp³-hybridized carbons (Fsp3) is 0.160. The highest BCUT2D eigenvalue weighted by Crippen LogP contribution is 2.44. The molecular formula is C25H18Br2Cl2N2O7. The zero-order valence-electron chi connectivity index (χ0n) is 19.8. The minimum Gasteiger partial charge on any atom is -0.493 e. The van der Waals surface area contributed by atoms with Crippen LogP contribution in [0.5, 0.6) is 11.5 Å². The van der Waals surface area contributed by atoms with Crippen molar-refractivity contribution < 1.29 is 33.0 Å². The Bertz CT molecular complexity index is 1470. The number of carbonyl (C=O) groups excluding carboxylic acids is 3. The van der Waals surface area contributed by atoms with Crippen molar-refractivity contribution in [2.45, 2.75) is 13.2 Å².